The molecule has 3 heterocycles. The quantitative estimate of drug-likeness (QED) is 0.406. The summed E-state index contributed by atoms with van der Waals surface area (Å²) in [4.78, 5) is 31.8. The van der Waals surface area contributed by atoms with E-state index in [-0.39, 0.29) is 30.0 Å². The number of esters is 1. The maximum absolute atomic E-state index is 13.9. The van der Waals surface area contributed by atoms with Crippen molar-refractivity contribution < 1.29 is 23.8 Å². The molecular formula is C23H26FN3O4S. The minimum Gasteiger partial charge on any atom is -0.443 e. The molecule has 0 spiro atoms. The van der Waals surface area contributed by atoms with Gasteiger partial charge in [0.1, 0.15) is 5.82 Å². The summed E-state index contributed by atoms with van der Waals surface area (Å²) < 4.78 is 20.9. The molecular weight excluding hydrogens is 433 g/mol. The molecule has 0 saturated carbocycles. The number of hydrogen-bond acceptors (Lipinski definition) is 7. The molecule has 0 unspecified atom stereocenters. The first-order chi connectivity index (χ1) is 15.5. The average Bonchev–Trinajstić information content (AvgIpc) is 3.43. The Morgan fingerprint density at radius 1 is 1.28 bits per heavy atom. The number of benzene rings is 1. The van der Waals surface area contributed by atoms with E-state index in [9.17, 15) is 19.1 Å². The molecule has 0 radical (unpaired) electrons. The summed E-state index contributed by atoms with van der Waals surface area (Å²) in [6.07, 6.45) is 4.68. The van der Waals surface area contributed by atoms with E-state index >= 15 is 0 Å². The van der Waals surface area contributed by atoms with Crippen molar-refractivity contribution in [3.05, 3.63) is 51.9 Å². The fourth-order valence-electron chi connectivity index (χ4n) is 3.91. The number of hydrogen-bond donors (Lipinski definition) is 1. The molecule has 1 aromatic carbocycles. The molecule has 0 amide bonds. The van der Waals surface area contributed by atoms with E-state index in [1.807, 2.05) is 6.92 Å². The molecule has 1 aliphatic heterocycles. The van der Waals surface area contributed by atoms with Crippen molar-refractivity contribution in [1.29, 1.82) is 0 Å². The first-order valence-electron chi connectivity index (χ1n) is 10.8. The van der Waals surface area contributed by atoms with Crippen molar-refractivity contribution in [3.63, 3.8) is 0 Å². The van der Waals surface area contributed by atoms with Crippen LogP contribution in [0, 0.1) is 5.82 Å². The van der Waals surface area contributed by atoms with Gasteiger partial charge in [0.05, 0.1) is 29.4 Å². The lowest BCUT2D eigenvalue weighted by Gasteiger charge is -2.25. The Balaban J connectivity index is 1.54. The number of carbonyl (C=O) groups is 2. The van der Waals surface area contributed by atoms with Crippen LogP contribution < -0.4 is 0 Å². The molecule has 170 valence electrons. The van der Waals surface area contributed by atoms with Crippen LogP contribution in [-0.4, -0.2) is 50.9 Å². The zero-order valence-corrected chi connectivity index (χ0v) is 18.7. The van der Waals surface area contributed by atoms with E-state index in [2.05, 4.69) is 9.88 Å². The second kappa shape index (κ2) is 9.89. The van der Waals surface area contributed by atoms with Crippen molar-refractivity contribution in [1.82, 2.24) is 14.5 Å². The third-order valence-electron chi connectivity index (χ3n) is 5.70. The molecule has 0 bridgehead atoms. The Morgan fingerprint density at radius 2 is 2.06 bits per heavy atom. The molecule has 1 fully saturated rings. The largest absolute Gasteiger partial charge is 0.443 e. The number of ether oxygens (including phenoxy) is 1. The van der Waals surface area contributed by atoms with Crippen LogP contribution in [0.2, 0.25) is 0 Å². The first-order valence-corrected chi connectivity index (χ1v) is 11.7. The second-order valence-corrected chi connectivity index (χ2v) is 8.85. The Hall–Kier alpha value is -2.62. The normalized spacial score (nSPS) is 15.7. The molecule has 2 aromatic heterocycles. The summed E-state index contributed by atoms with van der Waals surface area (Å²) in [5, 5.41) is 12.4. The zero-order chi connectivity index (χ0) is 22.7. The van der Waals surface area contributed by atoms with Crippen molar-refractivity contribution in [2.75, 3.05) is 19.6 Å². The Morgan fingerprint density at radius 3 is 2.81 bits per heavy atom. The number of rotatable bonds is 8. The molecule has 4 rings (SSSR count). The van der Waals surface area contributed by atoms with Crippen LogP contribution in [0.5, 0.6) is 0 Å². The maximum Gasteiger partial charge on any atom is 0.321 e. The topological polar surface area (TPSA) is 84.7 Å². The lowest BCUT2D eigenvalue weighted by atomic mass is 10.1. The van der Waals surface area contributed by atoms with Gasteiger partial charge in [-0.3, -0.25) is 14.5 Å². The number of thiazole rings is 1. The Kier molecular flexibility index (Phi) is 6.98. The first kappa shape index (κ1) is 22.6. The molecule has 0 aliphatic carbocycles. The van der Waals surface area contributed by atoms with Gasteiger partial charge in [-0.1, -0.05) is 13.3 Å². The standard InChI is InChI=1S/C23H26FN3O4S/c1-2-20(28)18-13-32-23(25-18)22(30)17-11-27(19-10-15(24)6-7-16(17)19)14-31-21(29)12-26-8-4-3-5-9-26/h6-7,10-11,13,20,28H,2-5,8-9,12,14H2,1H3/t20-/m0/s1. The van der Waals surface area contributed by atoms with E-state index < -0.39 is 11.9 Å². The fraction of sp³-hybridized carbons (Fsp3) is 0.435. The van der Waals surface area contributed by atoms with E-state index in [0.29, 0.717) is 28.6 Å². The van der Waals surface area contributed by atoms with Crippen LogP contribution >= 0.6 is 11.3 Å². The fourth-order valence-corrected chi connectivity index (χ4v) is 4.73. The lowest BCUT2D eigenvalue weighted by Crippen LogP contribution is -2.35. The van der Waals surface area contributed by atoms with E-state index in [1.165, 1.54) is 18.6 Å². The molecule has 32 heavy (non-hydrogen) atoms. The third kappa shape index (κ3) is 4.90. The predicted molar refractivity (Wildman–Crippen MR) is 119 cm³/mol. The molecule has 7 nitrogen and oxygen atoms in total. The van der Waals surface area contributed by atoms with Gasteiger partial charge in [-0.25, -0.2) is 9.37 Å². The number of aliphatic hydroxyl groups excluding tert-OH is 1. The number of carbonyl (C=O) groups excluding carboxylic acids is 2. The van der Waals surface area contributed by atoms with Gasteiger partial charge in [0.25, 0.3) is 0 Å². The van der Waals surface area contributed by atoms with Gasteiger partial charge in [0, 0.05) is 17.0 Å². The van der Waals surface area contributed by atoms with Crippen molar-refractivity contribution in [3.8, 4) is 0 Å². The number of fused-ring (bicyclic) bond motifs is 1. The monoisotopic (exact) mass is 459 g/mol. The summed E-state index contributed by atoms with van der Waals surface area (Å²) in [6.45, 7) is 3.71. The van der Waals surface area contributed by atoms with Crippen LogP contribution in [0.1, 0.15) is 59.8 Å². The Bertz CT molecular complexity index is 1120. The van der Waals surface area contributed by atoms with Crippen LogP contribution in [0.25, 0.3) is 10.9 Å². The minimum absolute atomic E-state index is 0.114. The highest BCUT2D eigenvalue weighted by molar-refractivity contribution is 7.12. The van der Waals surface area contributed by atoms with Gasteiger partial charge < -0.3 is 14.4 Å². The minimum atomic E-state index is -0.720. The van der Waals surface area contributed by atoms with Gasteiger partial charge in [0.2, 0.25) is 5.78 Å². The number of aromatic nitrogens is 2. The summed E-state index contributed by atoms with van der Waals surface area (Å²) in [6, 6.07) is 4.15. The SMILES string of the molecule is CC[C@H](O)c1csc(C(=O)c2cn(COC(=O)CN3CCCCC3)c3cc(F)ccc23)n1. The van der Waals surface area contributed by atoms with Crippen LogP contribution in [0.3, 0.4) is 0 Å². The van der Waals surface area contributed by atoms with Crippen molar-refractivity contribution >= 4 is 34.0 Å². The average molecular weight is 460 g/mol. The summed E-state index contributed by atoms with van der Waals surface area (Å²) >= 11 is 1.16. The second-order valence-electron chi connectivity index (χ2n) is 7.99. The smallest absolute Gasteiger partial charge is 0.321 e. The summed E-state index contributed by atoms with van der Waals surface area (Å²) in [7, 11) is 0. The summed E-state index contributed by atoms with van der Waals surface area (Å²) in [5.41, 5.74) is 1.27. The molecule has 3 aromatic rings. The van der Waals surface area contributed by atoms with Gasteiger partial charge in [-0.15, -0.1) is 11.3 Å². The number of aliphatic hydroxyl groups is 1. The molecule has 1 saturated heterocycles. The maximum atomic E-state index is 13.9. The zero-order valence-electron chi connectivity index (χ0n) is 17.9. The molecule has 9 heteroatoms. The van der Waals surface area contributed by atoms with E-state index in [1.54, 1.807) is 22.2 Å². The number of ketones is 1. The Labute approximate surface area is 189 Å². The highest BCUT2D eigenvalue weighted by Crippen LogP contribution is 2.27. The number of likely N-dealkylation sites (tertiary alicyclic amines) is 1. The van der Waals surface area contributed by atoms with Crippen LogP contribution in [-0.2, 0) is 16.3 Å². The third-order valence-corrected chi connectivity index (χ3v) is 6.56. The molecule has 1 N–H and O–H groups in total. The van der Waals surface area contributed by atoms with Crippen LogP contribution in [0.4, 0.5) is 4.39 Å². The predicted octanol–water partition coefficient (Wildman–Crippen LogP) is 3.90. The number of piperidine rings is 1. The lowest BCUT2D eigenvalue weighted by molar-refractivity contribution is -0.148. The van der Waals surface area contributed by atoms with Gasteiger partial charge in [-0.2, -0.15) is 0 Å². The van der Waals surface area contributed by atoms with Crippen molar-refractivity contribution in [2.24, 2.45) is 0 Å². The summed E-state index contributed by atoms with van der Waals surface area (Å²) in [5.74, 6) is -1.12. The molecule has 1 aliphatic rings. The van der Waals surface area contributed by atoms with Crippen molar-refractivity contribution in [2.45, 2.75) is 45.4 Å². The molecule has 1 atom stereocenters. The number of nitrogens with zero attached hydrogens (tertiary/aromatic N) is 3. The highest BCUT2D eigenvalue weighted by Gasteiger charge is 2.22. The highest BCUT2D eigenvalue weighted by atomic mass is 32.1. The number of halogens is 1. The van der Waals surface area contributed by atoms with Gasteiger partial charge >= 0.3 is 5.97 Å². The van der Waals surface area contributed by atoms with Crippen LogP contribution in [0.15, 0.2) is 29.8 Å². The van der Waals surface area contributed by atoms with E-state index in [4.69, 9.17) is 4.74 Å². The van der Waals surface area contributed by atoms with Gasteiger partial charge in [-0.05, 0) is 50.6 Å². The van der Waals surface area contributed by atoms with Gasteiger partial charge in [0.15, 0.2) is 11.7 Å². The van der Waals surface area contributed by atoms with E-state index in [0.717, 1.165) is 37.3 Å².